The van der Waals surface area contributed by atoms with Gasteiger partial charge in [-0.1, -0.05) is 19.9 Å². The smallest absolute Gasteiger partial charge is 0.249 e. The molecule has 1 saturated heterocycles. The van der Waals surface area contributed by atoms with Crippen LogP contribution in [0.15, 0.2) is 18.2 Å². The molecule has 1 atom stereocenters. The molecule has 0 spiro atoms. The molecule has 2 N–H and O–H groups in total. The molecule has 2 amide bonds. The summed E-state index contributed by atoms with van der Waals surface area (Å²) in [6.45, 7) is 5.67. The summed E-state index contributed by atoms with van der Waals surface area (Å²) in [6.07, 6.45) is 0.734. The Labute approximate surface area is 146 Å². The fourth-order valence-corrected chi connectivity index (χ4v) is 1.72. The maximum Gasteiger partial charge on any atom is 0.249 e. The molecule has 4 nitrogen and oxygen atoms in total. The topological polar surface area (TPSA) is 58.2 Å². The van der Waals surface area contributed by atoms with Gasteiger partial charge in [0.2, 0.25) is 11.8 Å². The molecule has 1 radical (unpaired) electrons. The standard InChI is InChI=1S/C12H13FN2O2.C2H6.Y.2H2/c1-7-2-3-8(6-9(7)13)14-10-4-5-11(16)15-12(10)17;1-2;;;/h2-3,6,10,14H,4-5H2,1H3,(H,15,16,17);1-2H3;;2*1H. The third-order valence-corrected chi connectivity index (χ3v) is 2.75. The van der Waals surface area contributed by atoms with Gasteiger partial charge in [0.25, 0.3) is 0 Å². The van der Waals surface area contributed by atoms with E-state index in [-0.39, 0.29) is 53.2 Å². The van der Waals surface area contributed by atoms with E-state index in [0.29, 0.717) is 24.1 Å². The zero-order chi connectivity index (χ0) is 14.4. The number of halogens is 1. The first-order valence-electron chi connectivity index (χ1n) is 6.42. The largest absolute Gasteiger partial charge is 0.374 e. The summed E-state index contributed by atoms with van der Waals surface area (Å²) in [7, 11) is 0. The Kier molecular flexibility index (Phi) is 8.82. The Morgan fingerprint density at radius 1 is 1.35 bits per heavy atom. The van der Waals surface area contributed by atoms with Crippen molar-refractivity contribution in [2.75, 3.05) is 5.32 Å². The minimum Gasteiger partial charge on any atom is -0.374 e. The minimum absolute atomic E-state index is 0. The molecule has 1 aromatic rings. The zero-order valence-corrected chi connectivity index (χ0v) is 14.8. The molecule has 1 aliphatic heterocycles. The summed E-state index contributed by atoms with van der Waals surface area (Å²) in [6, 6.07) is 4.22. The van der Waals surface area contributed by atoms with Crippen LogP contribution in [-0.4, -0.2) is 17.9 Å². The molecule has 0 aromatic heterocycles. The number of hydrogen-bond donors (Lipinski definition) is 2. The van der Waals surface area contributed by atoms with Crippen LogP contribution in [0.3, 0.4) is 0 Å². The number of benzene rings is 1. The second kappa shape index (κ2) is 9.19. The van der Waals surface area contributed by atoms with Gasteiger partial charge in [-0.25, -0.2) is 4.39 Å². The maximum atomic E-state index is 13.3. The normalized spacial score (nSPS) is 17.3. The maximum absolute atomic E-state index is 13.3. The van der Waals surface area contributed by atoms with Crippen molar-refractivity contribution in [1.82, 2.24) is 5.32 Å². The number of rotatable bonds is 2. The van der Waals surface area contributed by atoms with Gasteiger partial charge in [0.15, 0.2) is 0 Å². The molecule has 1 heterocycles. The van der Waals surface area contributed by atoms with E-state index in [0.717, 1.165) is 0 Å². The number of aryl methyl sites for hydroxylation is 1. The monoisotopic (exact) mass is 359 g/mol. The number of imide groups is 1. The summed E-state index contributed by atoms with van der Waals surface area (Å²) >= 11 is 0. The van der Waals surface area contributed by atoms with Gasteiger partial charge in [0.1, 0.15) is 11.9 Å². The molecule has 0 aliphatic carbocycles. The molecule has 20 heavy (non-hydrogen) atoms. The zero-order valence-electron chi connectivity index (χ0n) is 12.0. The summed E-state index contributed by atoms with van der Waals surface area (Å²) < 4.78 is 13.3. The molecule has 6 heteroatoms. The minimum atomic E-state index is -0.477. The quantitative estimate of drug-likeness (QED) is 0.799. The van der Waals surface area contributed by atoms with E-state index in [2.05, 4.69) is 10.6 Å². The molecular formula is C14H23FN2O2Y. The fourth-order valence-electron chi connectivity index (χ4n) is 1.72. The van der Waals surface area contributed by atoms with Crippen LogP contribution >= 0.6 is 0 Å². The molecule has 1 unspecified atom stereocenters. The number of piperidine rings is 1. The van der Waals surface area contributed by atoms with Crippen LogP contribution < -0.4 is 10.6 Å². The summed E-state index contributed by atoms with van der Waals surface area (Å²) in [5.74, 6) is -0.937. The van der Waals surface area contributed by atoms with E-state index < -0.39 is 6.04 Å². The first-order chi connectivity index (χ1) is 9.06. The van der Waals surface area contributed by atoms with Crippen molar-refractivity contribution in [1.29, 1.82) is 0 Å². The van der Waals surface area contributed by atoms with E-state index in [9.17, 15) is 14.0 Å². The van der Waals surface area contributed by atoms with Crippen LogP contribution in [0.1, 0.15) is 35.1 Å². The van der Waals surface area contributed by atoms with Crippen molar-refractivity contribution in [3.63, 3.8) is 0 Å². The Morgan fingerprint density at radius 3 is 2.55 bits per heavy atom. The van der Waals surface area contributed by atoms with Crippen molar-refractivity contribution >= 4 is 17.5 Å². The number of hydrogen-bond acceptors (Lipinski definition) is 3. The van der Waals surface area contributed by atoms with Gasteiger partial charge < -0.3 is 5.32 Å². The van der Waals surface area contributed by atoms with Gasteiger partial charge >= 0.3 is 0 Å². The third kappa shape index (κ3) is 5.29. The molecule has 111 valence electrons. The molecular weight excluding hydrogens is 336 g/mol. The molecule has 1 fully saturated rings. The van der Waals surface area contributed by atoms with E-state index in [1.165, 1.54) is 6.07 Å². The summed E-state index contributed by atoms with van der Waals surface area (Å²) in [5, 5.41) is 5.16. The average molecular weight is 359 g/mol. The van der Waals surface area contributed by atoms with Crippen LogP contribution in [0.25, 0.3) is 0 Å². The SMILES string of the molecule is CC.Cc1ccc(NC2CCC(=O)NC2=O)cc1F.[HH].[HH].[Y]. The fraction of sp³-hybridized carbons (Fsp3) is 0.429. The molecule has 2 rings (SSSR count). The van der Waals surface area contributed by atoms with Crippen LogP contribution in [0.4, 0.5) is 10.1 Å². The first-order valence-corrected chi connectivity index (χ1v) is 6.42. The average Bonchev–Trinajstić information content (AvgIpc) is 2.39. The number of carbonyl (C=O) groups excluding carboxylic acids is 2. The Hall–Kier alpha value is -0.806. The van der Waals surface area contributed by atoms with Gasteiger partial charge in [-0.15, -0.1) is 0 Å². The Bertz CT molecular complexity index is 490. The predicted octanol–water partition coefficient (Wildman–Crippen LogP) is 2.87. The second-order valence-corrected chi connectivity index (χ2v) is 4.11. The Balaban J connectivity index is -0.000000693. The van der Waals surface area contributed by atoms with Gasteiger partial charge in [-0.2, -0.15) is 0 Å². The second-order valence-electron chi connectivity index (χ2n) is 4.11. The van der Waals surface area contributed by atoms with Crippen LogP contribution in [0, 0.1) is 12.7 Å². The van der Waals surface area contributed by atoms with Crippen LogP contribution in [-0.2, 0) is 42.3 Å². The van der Waals surface area contributed by atoms with E-state index in [1.54, 1.807) is 19.1 Å². The predicted molar refractivity (Wildman–Crippen MR) is 76.5 cm³/mol. The molecule has 0 bridgehead atoms. The van der Waals surface area contributed by atoms with Crippen LogP contribution in [0.5, 0.6) is 0 Å². The summed E-state index contributed by atoms with van der Waals surface area (Å²) in [4.78, 5) is 22.4. The van der Waals surface area contributed by atoms with Crippen molar-refractivity contribution in [2.45, 2.75) is 39.7 Å². The van der Waals surface area contributed by atoms with Crippen molar-refractivity contribution in [2.24, 2.45) is 0 Å². The molecule has 0 saturated carbocycles. The van der Waals surface area contributed by atoms with Crippen LogP contribution in [0.2, 0.25) is 0 Å². The van der Waals surface area contributed by atoms with Crippen molar-refractivity contribution in [3.05, 3.63) is 29.6 Å². The Morgan fingerprint density at radius 2 is 2.00 bits per heavy atom. The van der Waals surface area contributed by atoms with Gasteiger partial charge in [0.05, 0.1) is 0 Å². The number of carbonyl (C=O) groups is 2. The third-order valence-electron chi connectivity index (χ3n) is 2.75. The number of amides is 2. The van der Waals surface area contributed by atoms with Crippen molar-refractivity contribution in [3.8, 4) is 0 Å². The van der Waals surface area contributed by atoms with Gasteiger partial charge in [-0.05, 0) is 31.0 Å². The number of anilines is 1. The molecule has 1 aliphatic rings. The van der Waals surface area contributed by atoms with E-state index in [1.807, 2.05) is 13.8 Å². The van der Waals surface area contributed by atoms with E-state index in [4.69, 9.17) is 0 Å². The van der Waals surface area contributed by atoms with Gasteiger partial charge in [0, 0.05) is 47.7 Å². The van der Waals surface area contributed by atoms with Crippen molar-refractivity contribution < 1.29 is 49.5 Å². The first kappa shape index (κ1) is 19.2. The summed E-state index contributed by atoms with van der Waals surface area (Å²) in [5.41, 5.74) is 1.10. The van der Waals surface area contributed by atoms with E-state index >= 15 is 0 Å². The number of nitrogens with one attached hydrogen (secondary N) is 2. The van der Waals surface area contributed by atoms with Gasteiger partial charge in [-0.3, -0.25) is 14.9 Å². The molecule has 1 aromatic carbocycles.